The van der Waals surface area contributed by atoms with E-state index < -0.39 is 0 Å². The minimum Gasteiger partial charge on any atom is -0.347 e. The average Bonchev–Trinajstić information content (AvgIpc) is 2.92. The van der Waals surface area contributed by atoms with Crippen molar-refractivity contribution in [2.75, 3.05) is 39.1 Å². The average molecular weight is 338 g/mol. The highest BCUT2D eigenvalue weighted by Gasteiger charge is 2.25. The van der Waals surface area contributed by atoms with Gasteiger partial charge in [0, 0.05) is 39.7 Å². The third-order valence-corrected chi connectivity index (χ3v) is 4.09. The minimum atomic E-state index is -0.287. The zero-order valence-corrected chi connectivity index (χ0v) is 14.3. The van der Waals surface area contributed by atoms with Crippen LogP contribution in [0.25, 0.3) is 0 Å². The second-order valence-electron chi connectivity index (χ2n) is 5.76. The van der Waals surface area contributed by atoms with E-state index in [4.69, 9.17) is 11.6 Å². The topological polar surface area (TPSA) is 60.9 Å². The van der Waals surface area contributed by atoms with Crippen molar-refractivity contribution in [3.63, 3.8) is 0 Å². The fraction of sp³-hybridized carbons (Fsp3) is 0.438. The maximum Gasteiger partial charge on any atom is 0.254 e. The molecule has 1 aromatic carbocycles. The van der Waals surface area contributed by atoms with Gasteiger partial charge < -0.3 is 14.7 Å². The lowest BCUT2D eigenvalue weighted by Gasteiger charge is -2.21. The molecular weight excluding hydrogens is 318 g/mol. The highest BCUT2D eigenvalue weighted by atomic mass is 35.5. The van der Waals surface area contributed by atoms with E-state index in [0.717, 1.165) is 6.42 Å². The van der Waals surface area contributed by atoms with Gasteiger partial charge in [-0.3, -0.25) is 14.4 Å². The van der Waals surface area contributed by atoms with Gasteiger partial charge in [0.2, 0.25) is 11.8 Å². The molecule has 124 valence electrons. The molecule has 0 aliphatic carbocycles. The smallest absolute Gasteiger partial charge is 0.254 e. The Morgan fingerprint density at radius 3 is 2.52 bits per heavy atom. The summed E-state index contributed by atoms with van der Waals surface area (Å²) in [5.74, 6) is -0.442. The van der Waals surface area contributed by atoms with Gasteiger partial charge in [-0.25, -0.2) is 0 Å². The Labute approximate surface area is 140 Å². The number of hydrogen-bond acceptors (Lipinski definition) is 3. The Bertz CT molecular complexity index is 645. The number of carbonyl (C=O) groups is 3. The van der Waals surface area contributed by atoms with Crippen LogP contribution >= 0.6 is 11.6 Å². The molecule has 1 fully saturated rings. The molecule has 0 spiro atoms. The normalized spacial score (nSPS) is 14.1. The molecule has 0 aromatic heterocycles. The van der Waals surface area contributed by atoms with Gasteiger partial charge in [0.25, 0.3) is 5.91 Å². The number of benzene rings is 1. The van der Waals surface area contributed by atoms with Gasteiger partial charge in [-0.05, 0) is 24.6 Å². The lowest BCUT2D eigenvalue weighted by molar-refractivity contribution is -0.129. The zero-order chi connectivity index (χ0) is 17.1. The van der Waals surface area contributed by atoms with E-state index in [9.17, 15) is 14.4 Å². The molecule has 7 heteroatoms. The van der Waals surface area contributed by atoms with Crippen LogP contribution in [0, 0.1) is 0 Å². The van der Waals surface area contributed by atoms with Gasteiger partial charge in [-0.15, -0.1) is 0 Å². The van der Waals surface area contributed by atoms with E-state index in [1.807, 2.05) is 0 Å². The van der Waals surface area contributed by atoms with Crippen LogP contribution in [0.3, 0.4) is 0 Å². The van der Waals surface area contributed by atoms with Crippen molar-refractivity contribution in [3.05, 3.63) is 28.8 Å². The Balaban J connectivity index is 2.21. The molecule has 2 rings (SSSR count). The van der Waals surface area contributed by atoms with Gasteiger partial charge >= 0.3 is 0 Å². The predicted octanol–water partition coefficient (Wildman–Crippen LogP) is 1.63. The lowest BCUT2D eigenvalue weighted by Crippen LogP contribution is -2.37. The number of rotatable bonds is 4. The summed E-state index contributed by atoms with van der Waals surface area (Å²) in [6.07, 6.45) is 1.27. The highest BCUT2D eigenvalue weighted by Crippen LogP contribution is 2.30. The summed E-state index contributed by atoms with van der Waals surface area (Å²) < 4.78 is 0. The zero-order valence-electron chi connectivity index (χ0n) is 13.5. The third kappa shape index (κ3) is 3.82. The van der Waals surface area contributed by atoms with Crippen molar-refractivity contribution in [2.24, 2.45) is 0 Å². The van der Waals surface area contributed by atoms with Crippen LogP contribution in [0.15, 0.2) is 18.2 Å². The molecule has 0 unspecified atom stereocenters. The second-order valence-corrected chi connectivity index (χ2v) is 6.17. The number of anilines is 1. The largest absolute Gasteiger partial charge is 0.347 e. The molecule has 23 heavy (non-hydrogen) atoms. The van der Waals surface area contributed by atoms with E-state index >= 15 is 0 Å². The molecule has 1 saturated heterocycles. The Morgan fingerprint density at radius 1 is 1.26 bits per heavy atom. The number of likely N-dealkylation sites (N-methyl/N-ethyl adjacent to an activating group) is 2. The lowest BCUT2D eigenvalue weighted by atomic mass is 10.1. The molecule has 1 aliphatic heterocycles. The number of carbonyl (C=O) groups excluding carboxylic acids is 3. The summed E-state index contributed by atoms with van der Waals surface area (Å²) >= 11 is 6.17. The summed E-state index contributed by atoms with van der Waals surface area (Å²) in [6, 6.07) is 4.83. The number of halogens is 1. The van der Waals surface area contributed by atoms with Crippen LogP contribution in [-0.2, 0) is 9.59 Å². The number of hydrogen-bond donors (Lipinski definition) is 0. The van der Waals surface area contributed by atoms with Crippen molar-refractivity contribution in [1.82, 2.24) is 9.80 Å². The van der Waals surface area contributed by atoms with E-state index in [1.54, 1.807) is 44.2 Å². The highest BCUT2D eigenvalue weighted by molar-refractivity contribution is 6.34. The molecule has 0 atom stereocenters. The molecule has 1 heterocycles. The van der Waals surface area contributed by atoms with Crippen molar-refractivity contribution < 1.29 is 14.4 Å². The quantitative estimate of drug-likeness (QED) is 0.839. The van der Waals surface area contributed by atoms with Crippen LogP contribution < -0.4 is 4.90 Å². The van der Waals surface area contributed by atoms with Crippen molar-refractivity contribution >= 4 is 35.0 Å². The Hall–Kier alpha value is -2.08. The summed E-state index contributed by atoms with van der Waals surface area (Å²) in [5.41, 5.74) is 0.950. The van der Waals surface area contributed by atoms with Gasteiger partial charge in [0.1, 0.15) is 0 Å². The van der Waals surface area contributed by atoms with Crippen LogP contribution in [0.4, 0.5) is 5.69 Å². The van der Waals surface area contributed by atoms with Gasteiger partial charge in [-0.2, -0.15) is 0 Å². The van der Waals surface area contributed by atoms with Crippen LogP contribution in [0.5, 0.6) is 0 Å². The Kier molecular flexibility index (Phi) is 5.26. The molecule has 0 N–H and O–H groups in total. The summed E-state index contributed by atoms with van der Waals surface area (Å²) in [6.45, 7) is 0.595. The van der Waals surface area contributed by atoms with Crippen molar-refractivity contribution in [3.8, 4) is 0 Å². The molecule has 0 bridgehead atoms. The van der Waals surface area contributed by atoms with Crippen molar-refractivity contribution in [1.29, 1.82) is 0 Å². The van der Waals surface area contributed by atoms with Gasteiger partial charge in [0.15, 0.2) is 0 Å². The van der Waals surface area contributed by atoms with E-state index in [2.05, 4.69) is 0 Å². The predicted molar refractivity (Wildman–Crippen MR) is 88.7 cm³/mol. The summed E-state index contributed by atoms with van der Waals surface area (Å²) in [4.78, 5) is 40.5. The summed E-state index contributed by atoms with van der Waals surface area (Å²) in [5, 5.41) is 0.434. The fourth-order valence-corrected chi connectivity index (χ4v) is 2.61. The molecule has 1 aromatic rings. The molecule has 0 radical (unpaired) electrons. The minimum absolute atomic E-state index is 0.00707. The van der Waals surface area contributed by atoms with Crippen LogP contribution in [0.2, 0.25) is 5.02 Å². The first-order valence-electron chi connectivity index (χ1n) is 7.37. The molecule has 3 amide bonds. The van der Waals surface area contributed by atoms with Crippen molar-refractivity contribution in [2.45, 2.75) is 12.8 Å². The Morgan fingerprint density at radius 2 is 1.96 bits per heavy atom. The molecule has 6 nitrogen and oxygen atoms in total. The van der Waals surface area contributed by atoms with Gasteiger partial charge in [0.05, 0.1) is 17.3 Å². The first-order chi connectivity index (χ1) is 10.8. The molecule has 1 aliphatic rings. The first kappa shape index (κ1) is 17.3. The monoisotopic (exact) mass is 337 g/mol. The van der Waals surface area contributed by atoms with E-state index in [-0.39, 0.29) is 24.3 Å². The molecule has 0 saturated carbocycles. The number of amides is 3. The third-order valence-electron chi connectivity index (χ3n) is 3.78. The van der Waals surface area contributed by atoms with Crippen LogP contribution in [0.1, 0.15) is 23.2 Å². The number of nitrogens with zero attached hydrogens (tertiary/aromatic N) is 3. The van der Waals surface area contributed by atoms with Gasteiger partial charge in [-0.1, -0.05) is 11.6 Å². The SMILES string of the molecule is CN(C)C(=O)CN(C)C(=O)c1ccc(Cl)c(N2CCCC2=O)c1. The maximum absolute atomic E-state index is 12.5. The first-order valence-corrected chi connectivity index (χ1v) is 7.74. The standard InChI is InChI=1S/C16H20ClN3O3/c1-18(2)15(22)10-19(3)16(23)11-6-7-12(17)13(9-11)20-8-4-5-14(20)21/h6-7,9H,4-5,8,10H2,1-3H3. The van der Waals surface area contributed by atoms with Crippen LogP contribution in [-0.4, -0.2) is 61.8 Å². The molecular formula is C16H20ClN3O3. The maximum atomic E-state index is 12.5. The van der Waals surface area contributed by atoms with E-state index in [1.165, 1.54) is 9.80 Å². The second kappa shape index (κ2) is 7.00. The van der Waals surface area contributed by atoms with E-state index in [0.29, 0.717) is 29.2 Å². The summed E-state index contributed by atoms with van der Waals surface area (Å²) in [7, 11) is 4.85. The fourth-order valence-electron chi connectivity index (χ4n) is 2.39.